The highest BCUT2D eigenvalue weighted by molar-refractivity contribution is 5.10. The number of hydrogen-bond donors (Lipinski definition) is 1. The maximum Gasteiger partial charge on any atom is 0.0522 e. The highest BCUT2D eigenvalue weighted by atomic mass is 15.2. The van der Waals surface area contributed by atoms with Crippen molar-refractivity contribution in [3.63, 3.8) is 0 Å². The van der Waals surface area contributed by atoms with Gasteiger partial charge in [0.2, 0.25) is 0 Å². The Bertz CT molecular complexity index is 464. The maximum absolute atomic E-state index is 4.36. The zero-order valence-electron chi connectivity index (χ0n) is 13.5. The first-order valence-corrected chi connectivity index (χ1v) is 8.93. The van der Waals surface area contributed by atoms with Crippen LogP contribution in [0.1, 0.15) is 44.6 Å². The van der Waals surface area contributed by atoms with Crippen LogP contribution in [0.4, 0.5) is 0 Å². The van der Waals surface area contributed by atoms with E-state index in [9.17, 15) is 0 Å². The van der Waals surface area contributed by atoms with Gasteiger partial charge in [-0.05, 0) is 80.2 Å². The fraction of sp³-hybridized carbons (Fsp3) is 0.833. The molecule has 4 saturated carbocycles. The number of hydrogen-bond acceptors (Lipinski definition) is 2. The minimum absolute atomic E-state index is 0.661. The fourth-order valence-electron chi connectivity index (χ4n) is 6.06. The Hall–Kier alpha value is -0.830. The predicted octanol–water partition coefficient (Wildman–Crippen LogP) is 3.01. The van der Waals surface area contributed by atoms with Crippen molar-refractivity contribution >= 4 is 0 Å². The highest BCUT2D eigenvalue weighted by Gasteiger charge is 2.50. The molecular weight excluding hydrogens is 258 g/mol. The van der Waals surface area contributed by atoms with E-state index >= 15 is 0 Å². The van der Waals surface area contributed by atoms with Gasteiger partial charge in [0, 0.05) is 19.3 Å². The molecule has 3 nitrogen and oxygen atoms in total. The molecule has 116 valence electrons. The highest BCUT2D eigenvalue weighted by Crippen LogP contribution is 2.57. The van der Waals surface area contributed by atoms with Gasteiger partial charge >= 0.3 is 0 Å². The molecule has 1 heterocycles. The van der Waals surface area contributed by atoms with Crippen LogP contribution in [0.2, 0.25) is 0 Å². The Labute approximate surface area is 128 Å². The van der Waals surface area contributed by atoms with Crippen molar-refractivity contribution in [2.24, 2.45) is 36.6 Å². The maximum atomic E-state index is 4.36. The van der Waals surface area contributed by atoms with Crippen molar-refractivity contribution in [1.29, 1.82) is 0 Å². The smallest absolute Gasteiger partial charge is 0.0522 e. The largest absolute Gasteiger partial charge is 0.314 e. The third-order valence-electron chi connectivity index (χ3n) is 6.44. The molecule has 0 saturated heterocycles. The van der Waals surface area contributed by atoms with E-state index in [-0.39, 0.29) is 0 Å². The molecule has 4 bridgehead atoms. The zero-order chi connectivity index (χ0) is 14.4. The molecule has 3 heteroatoms. The molecule has 5 rings (SSSR count). The fourth-order valence-corrected chi connectivity index (χ4v) is 6.06. The molecule has 0 radical (unpaired) electrons. The first-order valence-electron chi connectivity index (χ1n) is 8.93. The summed E-state index contributed by atoms with van der Waals surface area (Å²) in [5.41, 5.74) is 1.40. The molecule has 0 amide bonds. The van der Waals surface area contributed by atoms with Gasteiger partial charge in [-0.1, -0.05) is 6.92 Å². The van der Waals surface area contributed by atoms with Gasteiger partial charge in [-0.3, -0.25) is 4.68 Å². The minimum Gasteiger partial charge on any atom is -0.314 e. The van der Waals surface area contributed by atoms with Gasteiger partial charge in [-0.2, -0.15) is 5.10 Å². The van der Waals surface area contributed by atoms with Crippen molar-refractivity contribution in [3.8, 4) is 0 Å². The SMILES string of the molecule is CCNC(Cc1cnn(C)c1)C1C2CC3CC(C2)CC1C3. The Morgan fingerprint density at radius 1 is 1.19 bits per heavy atom. The van der Waals surface area contributed by atoms with E-state index in [2.05, 4.69) is 29.7 Å². The predicted molar refractivity (Wildman–Crippen MR) is 84.9 cm³/mol. The third-order valence-corrected chi connectivity index (χ3v) is 6.44. The van der Waals surface area contributed by atoms with Crippen molar-refractivity contribution in [2.75, 3.05) is 6.54 Å². The lowest BCUT2D eigenvalue weighted by Gasteiger charge is -2.56. The van der Waals surface area contributed by atoms with Gasteiger partial charge in [0.15, 0.2) is 0 Å². The number of nitrogens with zero attached hydrogens (tertiary/aromatic N) is 2. The number of nitrogens with one attached hydrogen (secondary N) is 1. The van der Waals surface area contributed by atoms with Crippen molar-refractivity contribution in [2.45, 2.75) is 51.5 Å². The molecule has 1 unspecified atom stereocenters. The van der Waals surface area contributed by atoms with E-state index < -0.39 is 0 Å². The molecule has 4 aliphatic rings. The Morgan fingerprint density at radius 2 is 1.86 bits per heavy atom. The van der Waals surface area contributed by atoms with Crippen LogP contribution in [0.15, 0.2) is 12.4 Å². The molecule has 1 aromatic heterocycles. The van der Waals surface area contributed by atoms with E-state index in [0.717, 1.165) is 42.6 Å². The second-order valence-corrected chi connectivity index (χ2v) is 7.90. The zero-order valence-corrected chi connectivity index (χ0v) is 13.5. The number of aryl methyl sites for hydroxylation is 1. The number of likely N-dealkylation sites (N-methyl/N-ethyl adjacent to an activating group) is 1. The molecule has 0 aliphatic heterocycles. The number of rotatable bonds is 5. The topological polar surface area (TPSA) is 29.9 Å². The summed E-state index contributed by atoms with van der Waals surface area (Å²) in [4.78, 5) is 0. The van der Waals surface area contributed by atoms with Gasteiger partial charge in [0.25, 0.3) is 0 Å². The van der Waals surface area contributed by atoms with E-state index in [0.29, 0.717) is 6.04 Å². The van der Waals surface area contributed by atoms with Crippen LogP contribution in [0.5, 0.6) is 0 Å². The molecular formula is C18H29N3. The normalized spacial score (nSPS) is 38.9. The van der Waals surface area contributed by atoms with Crippen LogP contribution in [0.25, 0.3) is 0 Å². The van der Waals surface area contributed by atoms with Crippen LogP contribution < -0.4 is 5.32 Å². The van der Waals surface area contributed by atoms with Crippen molar-refractivity contribution in [1.82, 2.24) is 15.1 Å². The standard InChI is InChI=1S/C18H29N3/c1-3-19-17(9-14-10-20-21(2)11-14)18-15-5-12-4-13(7-15)8-16(18)6-12/h10-13,15-19H,3-9H2,1-2H3. The molecule has 0 spiro atoms. The van der Waals surface area contributed by atoms with E-state index in [1.807, 2.05) is 11.7 Å². The average molecular weight is 287 g/mol. The Morgan fingerprint density at radius 3 is 2.38 bits per heavy atom. The Kier molecular flexibility index (Phi) is 3.56. The first-order chi connectivity index (χ1) is 10.2. The van der Waals surface area contributed by atoms with Crippen molar-refractivity contribution in [3.05, 3.63) is 18.0 Å². The van der Waals surface area contributed by atoms with Gasteiger partial charge in [-0.15, -0.1) is 0 Å². The summed E-state index contributed by atoms with van der Waals surface area (Å²) in [7, 11) is 2.02. The van der Waals surface area contributed by atoms with Gasteiger partial charge in [0.1, 0.15) is 0 Å². The van der Waals surface area contributed by atoms with Crippen molar-refractivity contribution < 1.29 is 0 Å². The molecule has 1 atom stereocenters. The summed E-state index contributed by atoms with van der Waals surface area (Å²) < 4.78 is 1.94. The van der Waals surface area contributed by atoms with Crippen LogP contribution in [0.3, 0.4) is 0 Å². The second-order valence-electron chi connectivity index (χ2n) is 7.90. The molecule has 4 aliphatic carbocycles. The van der Waals surface area contributed by atoms with E-state index in [1.54, 1.807) is 6.42 Å². The van der Waals surface area contributed by atoms with E-state index in [4.69, 9.17) is 0 Å². The molecule has 1 aromatic rings. The lowest BCUT2D eigenvalue weighted by molar-refractivity contribution is -0.0515. The Balaban J connectivity index is 1.53. The van der Waals surface area contributed by atoms with Gasteiger partial charge in [-0.25, -0.2) is 0 Å². The van der Waals surface area contributed by atoms with E-state index in [1.165, 1.54) is 31.2 Å². The van der Waals surface area contributed by atoms with Crippen LogP contribution >= 0.6 is 0 Å². The monoisotopic (exact) mass is 287 g/mol. The summed E-state index contributed by atoms with van der Waals surface area (Å²) in [5, 5.41) is 8.19. The van der Waals surface area contributed by atoms with Crippen LogP contribution in [0, 0.1) is 29.6 Å². The van der Waals surface area contributed by atoms with Crippen LogP contribution in [-0.4, -0.2) is 22.4 Å². The summed E-state index contributed by atoms with van der Waals surface area (Å²) in [6.07, 6.45) is 13.0. The quantitative estimate of drug-likeness (QED) is 0.902. The lowest BCUT2D eigenvalue weighted by Crippen LogP contribution is -2.53. The summed E-state index contributed by atoms with van der Waals surface area (Å²) in [6.45, 7) is 3.35. The first kappa shape index (κ1) is 13.8. The summed E-state index contributed by atoms with van der Waals surface area (Å²) in [6, 6.07) is 0.661. The molecule has 1 N–H and O–H groups in total. The minimum atomic E-state index is 0.661. The lowest BCUT2D eigenvalue weighted by atomic mass is 9.50. The second kappa shape index (κ2) is 5.42. The summed E-state index contributed by atoms with van der Waals surface area (Å²) >= 11 is 0. The van der Waals surface area contributed by atoms with Gasteiger partial charge < -0.3 is 5.32 Å². The molecule has 0 aromatic carbocycles. The number of aromatic nitrogens is 2. The van der Waals surface area contributed by atoms with Crippen LogP contribution in [-0.2, 0) is 13.5 Å². The van der Waals surface area contributed by atoms with Gasteiger partial charge in [0.05, 0.1) is 6.20 Å². The summed E-state index contributed by atoms with van der Waals surface area (Å²) in [5.74, 6) is 5.07. The average Bonchev–Trinajstić information content (AvgIpc) is 2.83. The third kappa shape index (κ3) is 2.54. The molecule has 4 fully saturated rings. The molecule has 21 heavy (non-hydrogen) atoms.